The van der Waals surface area contributed by atoms with E-state index in [1.165, 1.54) is 32.4 Å². The van der Waals surface area contributed by atoms with E-state index in [1.54, 1.807) is 0 Å². The maximum atomic E-state index is 6.09. The minimum Gasteiger partial charge on any atom is -0.327 e. The largest absolute Gasteiger partial charge is 0.327 e. The van der Waals surface area contributed by atoms with E-state index in [2.05, 4.69) is 18.7 Å². The molecule has 1 aliphatic heterocycles. The highest BCUT2D eigenvalue weighted by Gasteiger charge is 2.41. The molecule has 1 heterocycles. The zero-order chi connectivity index (χ0) is 9.42. The lowest BCUT2D eigenvalue weighted by atomic mass is 10.0. The topological polar surface area (TPSA) is 29.3 Å². The second-order valence-corrected chi connectivity index (χ2v) is 5.15. The smallest absolute Gasteiger partial charge is 0.0139 e. The minimum absolute atomic E-state index is 0.502. The SMILES string of the molecule is CC(C)CN1CCC2C(N)CCC21. The molecule has 3 unspecified atom stereocenters. The molecule has 3 atom stereocenters. The van der Waals surface area contributed by atoms with Gasteiger partial charge in [0.05, 0.1) is 0 Å². The van der Waals surface area contributed by atoms with Crippen molar-refractivity contribution in [3.8, 4) is 0 Å². The first kappa shape index (κ1) is 9.47. The second-order valence-electron chi connectivity index (χ2n) is 5.15. The van der Waals surface area contributed by atoms with Crippen LogP contribution in [0.5, 0.6) is 0 Å². The highest BCUT2D eigenvalue weighted by atomic mass is 15.2. The van der Waals surface area contributed by atoms with Gasteiger partial charge < -0.3 is 5.73 Å². The average molecular weight is 182 g/mol. The van der Waals surface area contributed by atoms with Gasteiger partial charge >= 0.3 is 0 Å². The monoisotopic (exact) mass is 182 g/mol. The van der Waals surface area contributed by atoms with Crippen molar-refractivity contribution in [3.05, 3.63) is 0 Å². The van der Waals surface area contributed by atoms with Crippen LogP contribution in [0.2, 0.25) is 0 Å². The Kier molecular flexibility index (Phi) is 2.61. The van der Waals surface area contributed by atoms with Crippen LogP contribution in [0.25, 0.3) is 0 Å². The third-order valence-electron chi connectivity index (χ3n) is 3.66. The molecule has 2 aliphatic rings. The Morgan fingerprint density at radius 2 is 2.08 bits per heavy atom. The lowest BCUT2D eigenvalue weighted by Crippen LogP contribution is -2.35. The van der Waals surface area contributed by atoms with Crippen LogP contribution in [0.3, 0.4) is 0 Å². The molecule has 2 fully saturated rings. The highest BCUT2D eigenvalue weighted by molar-refractivity contribution is 4.98. The molecule has 2 N–H and O–H groups in total. The molecule has 1 saturated carbocycles. The minimum atomic E-state index is 0.502. The first-order valence-electron chi connectivity index (χ1n) is 5.68. The van der Waals surface area contributed by atoms with Crippen LogP contribution in [0, 0.1) is 11.8 Å². The quantitative estimate of drug-likeness (QED) is 0.700. The van der Waals surface area contributed by atoms with Crippen molar-refractivity contribution in [1.29, 1.82) is 0 Å². The van der Waals surface area contributed by atoms with Crippen molar-refractivity contribution in [2.24, 2.45) is 17.6 Å². The molecule has 2 nitrogen and oxygen atoms in total. The first-order valence-corrected chi connectivity index (χ1v) is 5.68. The fourth-order valence-electron chi connectivity index (χ4n) is 3.11. The van der Waals surface area contributed by atoms with Gasteiger partial charge in [0.2, 0.25) is 0 Å². The van der Waals surface area contributed by atoms with E-state index in [-0.39, 0.29) is 0 Å². The van der Waals surface area contributed by atoms with Gasteiger partial charge in [0.15, 0.2) is 0 Å². The summed E-state index contributed by atoms with van der Waals surface area (Å²) in [4.78, 5) is 2.67. The molecule has 0 bridgehead atoms. The van der Waals surface area contributed by atoms with Gasteiger partial charge in [-0.15, -0.1) is 0 Å². The van der Waals surface area contributed by atoms with Gasteiger partial charge in [-0.3, -0.25) is 4.90 Å². The van der Waals surface area contributed by atoms with Gasteiger partial charge in [-0.2, -0.15) is 0 Å². The number of hydrogen-bond donors (Lipinski definition) is 1. The van der Waals surface area contributed by atoms with Gasteiger partial charge in [-0.25, -0.2) is 0 Å². The molecular formula is C11H22N2. The molecule has 0 aromatic rings. The summed E-state index contributed by atoms with van der Waals surface area (Å²) in [7, 11) is 0. The Balaban J connectivity index is 1.94. The Morgan fingerprint density at radius 3 is 2.77 bits per heavy atom. The Morgan fingerprint density at radius 1 is 1.31 bits per heavy atom. The van der Waals surface area contributed by atoms with E-state index in [9.17, 15) is 0 Å². The number of fused-ring (bicyclic) bond motifs is 1. The van der Waals surface area contributed by atoms with E-state index in [1.807, 2.05) is 0 Å². The molecule has 13 heavy (non-hydrogen) atoms. The maximum absolute atomic E-state index is 6.09. The summed E-state index contributed by atoms with van der Waals surface area (Å²) < 4.78 is 0. The normalized spacial score (nSPS) is 40.2. The van der Waals surface area contributed by atoms with Crippen molar-refractivity contribution in [2.75, 3.05) is 13.1 Å². The zero-order valence-electron chi connectivity index (χ0n) is 8.87. The number of likely N-dealkylation sites (tertiary alicyclic amines) is 1. The number of rotatable bonds is 2. The lowest BCUT2D eigenvalue weighted by molar-refractivity contribution is 0.215. The lowest BCUT2D eigenvalue weighted by Gasteiger charge is -2.25. The maximum Gasteiger partial charge on any atom is 0.0139 e. The molecule has 1 saturated heterocycles. The fraction of sp³-hybridized carbons (Fsp3) is 1.00. The summed E-state index contributed by atoms with van der Waals surface area (Å²) in [6, 6.07) is 1.33. The predicted molar refractivity (Wildman–Crippen MR) is 55.5 cm³/mol. The molecular weight excluding hydrogens is 160 g/mol. The molecule has 0 spiro atoms. The number of nitrogens with zero attached hydrogens (tertiary/aromatic N) is 1. The molecule has 0 aromatic carbocycles. The van der Waals surface area contributed by atoms with Crippen LogP contribution in [0.4, 0.5) is 0 Å². The van der Waals surface area contributed by atoms with Crippen LogP contribution in [-0.4, -0.2) is 30.1 Å². The molecule has 1 aliphatic carbocycles. The highest BCUT2D eigenvalue weighted by Crippen LogP contribution is 2.37. The van der Waals surface area contributed by atoms with Gasteiger partial charge in [0.1, 0.15) is 0 Å². The van der Waals surface area contributed by atoms with Crippen molar-refractivity contribution in [2.45, 2.75) is 45.2 Å². The van der Waals surface area contributed by atoms with E-state index < -0.39 is 0 Å². The van der Waals surface area contributed by atoms with E-state index in [0.717, 1.165) is 17.9 Å². The second kappa shape index (κ2) is 3.58. The Labute approximate surface area is 81.5 Å². The average Bonchev–Trinajstić information content (AvgIpc) is 2.56. The van der Waals surface area contributed by atoms with Crippen molar-refractivity contribution in [1.82, 2.24) is 4.90 Å². The Hall–Kier alpha value is -0.0800. The summed E-state index contributed by atoms with van der Waals surface area (Å²) in [5, 5.41) is 0. The zero-order valence-corrected chi connectivity index (χ0v) is 8.87. The summed E-state index contributed by atoms with van der Waals surface area (Å²) in [5.74, 6) is 1.62. The predicted octanol–water partition coefficient (Wildman–Crippen LogP) is 1.45. The van der Waals surface area contributed by atoms with Crippen LogP contribution in [0.15, 0.2) is 0 Å². The van der Waals surface area contributed by atoms with Crippen LogP contribution < -0.4 is 5.73 Å². The van der Waals surface area contributed by atoms with Gasteiger partial charge in [-0.05, 0) is 37.6 Å². The van der Waals surface area contributed by atoms with Crippen molar-refractivity contribution in [3.63, 3.8) is 0 Å². The van der Waals surface area contributed by atoms with Crippen LogP contribution in [-0.2, 0) is 0 Å². The molecule has 0 amide bonds. The van der Waals surface area contributed by atoms with Crippen LogP contribution >= 0.6 is 0 Å². The van der Waals surface area contributed by atoms with Gasteiger partial charge in [0.25, 0.3) is 0 Å². The van der Waals surface area contributed by atoms with Crippen molar-refractivity contribution < 1.29 is 0 Å². The summed E-state index contributed by atoms with van der Waals surface area (Å²) >= 11 is 0. The van der Waals surface area contributed by atoms with Gasteiger partial charge in [-0.1, -0.05) is 13.8 Å². The summed E-state index contributed by atoms with van der Waals surface area (Å²) in [5.41, 5.74) is 6.09. The third kappa shape index (κ3) is 1.75. The molecule has 2 rings (SSSR count). The number of nitrogens with two attached hydrogens (primary N) is 1. The standard InChI is InChI=1S/C11H22N2/c1-8(2)7-13-6-5-9-10(12)3-4-11(9)13/h8-11H,3-7,12H2,1-2H3. The Bertz CT molecular complexity index is 179. The number of hydrogen-bond acceptors (Lipinski definition) is 2. The van der Waals surface area contributed by atoms with E-state index in [0.29, 0.717) is 6.04 Å². The van der Waals surface area contributed by atoms with Crippen molar-refractivity contribution >= 4 is 0 Å². The van der Waals surface area contributed by atoms with E-state index in [4.69, 9.17) is 5.73 Å². The molecule has 2 heteroatoms. The summed E-state index contributed by atoms with van der Waals surface area (Å²) in [6.07, 6.45) is 3.95. The molecule has 0 radical (unpaired) electrons. The van der Waals surface area contributed by atoms with Gasteiger partial charge in [0, 0.05) is 18.6 Å². The molecule has 76 valence electrons. The van der Waals surface area contributed by atoms with E-state index >= 15 is 0 Å². The third-order valence-corrected chi connectivity index (χ3v) is 3.66. The first-order chi connectivity index (χ1) is 6.18. The van der Waals surface area contributed by atoms with Crippen LogP contribution in [0.1, 0.15) is 33.1 Å². The molecule has 0 aromatic heterocycles. The summed E-state index contributed by atoms with van der Waals surface area (Å²) in [6.45, 7) is 7.18. The fourth-order valence-corrected chi connectivity index (χ4v) is 3.11.